The summed E-state index contributed by atoms with van der Waals surface area (Å²) in [6.07, 6.45) is -6.37. The van der Waals surface area contributed by atoms with Gasteiger partial charge in [-0.1, -0.05) is 20.8 Å². The molecule has 4 heterocycles. The van der Waals surface area contributed by atoms with Crippen LogP contribution in [0.15, 0.2) is 11.6 Å². The quantitative estimate of drug-likeness (QED) is 0.122. The van der Waals surface area contributed by atoms with E-state index < -0.39 is 121 Å². The highest BCUT2D eigenvalue weighted by atomic mass is 16.7. The van der Waals surface area contributed by atoms with Gasteiger partial charge in [0.2, 0.25) is 0 Å². The second-order valence-electron chi connectivity index (χ2n) is 22.8. The van der Waals surface area contributed by atoms with E-state index in [1.54, 1.807) is 19.9 Å². The molecule has 4 aliphatic heterocycles. The van der Waals surface area contributed by atoms with E-state index in [1.165, 1.54) is 6.92 Å². The zero-order valence-corrected chi connectivity index (χ0v) is 40.7. The third-order valence-electron chi connectivity index (χ3n) is 18.8. The predicted octanol–water partition coefficient (Wildman–Crippen LogP) is 2.30. The molecule has 18 heteroatoms. The number of cyclic esters (lactones) is 1. The van der Waals surface area contributed by atoms with Gasteiger partial charge in [0.15, 0.2) is 18.9 Å². The third kappa shape index (κ3) is 9.15. The van der Waals surface area contributed by atoms with Gasteiger partial charge in [0.1, 0.15) is 43.2 Å². The van der Waals surface area contributed by atoms with Crippen LogP contribution < -0.4 is 0 Å². The molecule has 0 unspecified atom stereocenters. The van der Waals surface area contributed by atoms with E-state index >= 15 is 0 Å². The number of esters is 2. The SMILES string of the molecule is CC(=O)O[C@H]1C[C@H](O[C@@H]2[C@@H](C)C[C@@H](O[C@H]3[C@@H](O)C[C@H](O[C@H]4CC[C@@]5(C)[C@H](CC[C@@H]6[C@@H]5C[C@@H](O)[C@]5(C)[C@@H](C7=CC(=O)OC7)CC[C@]65O)C4)O[C@@H]3C)C[C@@H]2O)O[C@H](C)[C@H]1O[C@@H]1O[C@H](C)[C@@H](O)[C@H](O)[C@H]1O. The smallest absolute Gasteiger partial charge is 0.331 e. The number of carbonyl (C=O) groups excluding carboxylic acids is 2. The zero-order chi connectivity index (χ0) is 48.8. The molecule has 3 saturated heterocycles. The highest BCUT2D eigenvalue weighted by Crippen LogP contribution is 2.70. The molecular weight excluding hydrogens is 889 g/mol. The van der Waals surface area contributed by atoms with Crippen molar-refractivity contribution in [1.82, 2.24) is 0 Å². The lowest BCUT2D eigenvalue weighted by molar-refractivity contribution is -0.343. The molecule has 7 N–H and O–H groups in total. The molecule has 5 saturated carbocycles. The van der Waals surface area contributed by atoms with Gasteiger partial charge >= 0.3 is 11.9 Å². The molecule has 5 aliphatic carbocycles. The minimum absolute atomic E-state index is 0.0532. The van der Waals surface area contributed by atoms with Crippen molar-refractivity contribution in [3.05, 3.63) is 11.6 Å². The fraction of sp³-hybridized carbons (Fsp3) is 0.920. The Kier molecular flexibility index (Phi) is 14.6. The average Bonchev–Trinajstić information content (AvgIpc) is 3.82. The zero-order valence-electron chi connectivity index (χ0n) is 40.7. The first-order valence-electron chi connectivity index (χ1n) is 25.5. The molecule has 68 heavy (non-hydrogen) atoms. The summed E-state index contributed by atoms with van der Waals surface area (Å²) in [5.41, 5.74) is -0.957. The summed E-state index contributed by atoms with van der Waals surface area (Å²) in [5, 5.41) is 78.6. The van der Waals surface area contributed by atoms with Crippen LogP contribution in [-0.4, -0.2) is 170 Å². The molecule has 0 aromatic carbocycles. The van der Waals surface area contributed by atoms with Gasteiger partial charge < -0.3 is 78.4 Å². The van der Waals surface area contributed by atoms with Gasteiger partial charge in [0.25, 0.3) is 0 Å². The number of hydrogen-bond acceptors (Lipinski definition) is 18. The first-order chi connectivity index (χ1) is 32.1. The highest BCUT2D eigenvalue weighted by Gasteiger charge is 2.71. The largest absolute Gasteiger partial charge is 0.459 e. The van der Waals surface area contributed by atoms with E-state index in [1.807, 2.05) is 20.8 Å². The van der Waals surface area contributed by atoms with Gasteiger partial charge in [-0.3, -0.25) is 4.79 Å². The second-order valence-corrected chi connectivity index (χ2v) is 22.8. The number of fused-ring (bicyclic) bond motifs is 5. The maximum absolute atomic E-state index is 12.6. The number of carbonyl (C=O) groups is 2. The molecule has 8 fully saturated rings. The van der Waals surface area contributed by atoms with Gasteiger partial charge in [-0.05, 0) is 119 Å². The standard InChI is InChI=1S/C50H78O18/c1-22-14-30(17-34(52)44(22)67-40-20-36(64-26(5)51)46(25(4)62-40)68-47-43(58)42(57)41(56)23(2)63-47)66-45-24(3)61-39(19-35(45)53)65-29-10-12-48(6)28(16-29)8-9-32-33(48)18-37(54)49(7)31(11-13-50(32,49)59)27-15-38(55)60-21-27/h15,22-25,28-37,39-47,52-54,56-59H,8-14,16-21H2,1-7H3/t22-,23+,24+,25+,28+,29-,30+,31+,32+,33-,34-,35-,36-,37+,39-,40-,41+,42-,43+,44+,45+,46+,47-,48-,49-,50-/m0/s1. The van der Waals surface area contributed by atoms with Crippen molar-refractivity contribution < 1.29 is 88.0 Å². The molecule has 0 spiro atoms. The fourth-order valence-electron chi connectivity index (χ4n) is 15.0. The summed E-state index contributed by atoms with van der Waals surface area (Å²) < 4.78 is 54.7. The maximum atomic E-state index is 12.6. The van der Waals surface area contributed by atoms with E-state index in [0.29, 0.717) is 25.2 Å². The van der Waals surface area contributed by atoms with Gasteiger partial charge in [-0.2, -0.15) is 0 Å². The van der Waals surface area contributed by atoms with E-state index in [4.69, 9.17) is 42.6 Å². The Hall–Kier alpha value is -1.88. The lowest BCUT2D eigenvalue weighted by Crippen LogP contribution is -2.67. The Balaban J connectivity index is 0.752. The average molecular weight is 967 g/mol. The number of aliphatic hydroxyl groups excluding tert-OH is 6. The Bertz CT molecular complexity index is 1830. The third-order valence-corrected chi connectivity index (χ3v) is 18.8. The molecule has 0 aromatic heterocycles. The number of ether oxygens (including phenoxy) is 9. The lowest BCUT2D eigenvalue weighted by atomic mass is 9.42. The van der Waals surface area contributed by atoms with E-state index in [9.17, 15) is 45.3 Å². The van der Waals surface area contributed by atoms with Crippen molar-refractivity contribution in [1.29, 1.82) is 0 Å². The second kappa shape index (κ2) is 19.5. The molecule has 9 rings (SSSR count). The van der Waals surface area contributed by atoms with E-state index in [-0.39, 0.29) is 67.0 Å². The van der Waals surface area contributed by atoms with E-state index in [0.717, 1.165) is 44.1 Å². The summed E-state index contributed by atoms with van der Waals surface area (Å²) in [5.74, 6) is -0.635. The molecule has 0 radical (unpaired) electrons. The van der Waals surface area contributed by atoms with Gasteiger partial charge in [0.05, 0.1) is 60.5 Å². The van der Waals surface area contributed by atoms with Crippen LogP contribution in [0.2, 0.25) is 0 Å². The van der Waals surface area contributed by atoms with Crippen molar-refractivity contribution in [3.8, 4) is 0 Å². The molecule has 386 valence electrons. The van der Waals surface area contributed by atoms with Crippen LogP contribution in [0.4, 0.5) is 0 Å². The van der Waals surface area contributed by atoms with Crippen LogP contribution >= 0.6 is 0 Å². The minimum Gasteiger partial charge on any atom is -0.459 e. The summed E-state index contributed by atoms with van der Waals surface area (Å²) in [6, 6.07) is 0. The molecule has 0 amide bonds. The van der Waals surface area contributed by atoms with Crippen molar-refractivity contribution in [2.45, 2.75) is 242 Å². The van der Waals surface area contributed by atoms with E-state index in [2.05, 4.69) is 6.92 Å². The van der Waals surface area contributed by atoms with Crippen molar-refractivity contribution in [2.75, 3.05) is 6.61 Å². The van der Waals surface area contributed by atoms with Crippen molar-refractivity contribution >= 4 is 11.9 Å². The van der Waals surface area contributed by atoms with Crippen molar-refractivity contribution in [2.24, 2.45) is 40.4 Å². The number of hydrogen-bond donors (Lipinski definition) is 7. The highest BCUT2D eigenvalue weighted by molar-refractivity contribution is 5.85. The Morgan fingerprint density at radius 1 is 0.676 bits per heavy atom. The number of aliphatic hydroxyl groups is 7. The lowest BCUT2D eigenvalue weighted by Gasteiger charge is -2.65. The molecule has 18 nitrogen and oxygen atoms in total. The van der Waals surface area contributed by atoms with Crippen LogP contribution in [0.1, 0.15) is 126 Å². The summed E-state index contributed by atoms with van der Waals surface area (Å²) >= 11 is 0. The van der Waals surface area contributed by atoms with Gasteiger partial charge in [0, 0.05) is 37.7 Å². The van der Waals surface area contributed by atoms with Crippen molar-refractivity contribution in [3.63, 3.8) is 0 Å². The predicted molar refractivity (Wildman–Crippen MR) is 237 cm³/mol. The first kappa shape index (κ1) is 51.0. The summed E-state index contributed by atoms with van der Waals surface area (Å²) in [4.78, 5) is 24.2. The van der Waals surface area contributed by atoms with Crippen LogP contribution in [0.25, 0.3) is 0 Å². The normalized spacial score (nSPS) is 53.9. The minimum atomic E-state index is -1.56. The Labute approximate surface area is 399 Å². The summed E-state index contributed by atoms with van der Waals surface area (Å²) in [6.45, 7) is 12.9. The Morgan fingerprint density at radius 3 is 2.06 bits per heavy atom. The first-order valence-corrected chi connectivity index (χ1v) is 25.5. The molecule has 0 bridgehead atoms. The molecular formula is C50H78O18. The molecule has 0 aromatic rings. The topological polar surface area (TPSA) is 259 Å². The van der Waals surface area contributed by atoms with Gasteiger partial charge in [-0.15, -0.1) is 0 Å². The molecule has 9 aliphatic rings. The van der Waals surface area contributed by atoms with Crippen LogP contribution in [-0.2, 0) is 52.2 Å². The van der Waals surface area contributed by atoms with Crippen LogP contribution in [0.3, 0.4) is 0 Å². The fourth-order valence-corrected chi connectivity index (χ4v) is 15.0. The molecule has 26 atom stereocenters. The van der Waals surface area contributed by atoms with Crippen LogP contribution in [0.5, 0.6) is 0 Å². The Morgan fingerprint density at radius 2 is 1.38 bits per heavy atom. The summed E-state index contributed by atoms with van der Waals surface area (Å²) in [7, 11) is 0. The number of rotatable bonds is 10. The maximum Gasteiger partial charge on any atom is 0.331 e. The monoisotopic (exact) mass is 967 g/mol. The van der Waals surface area contributed by atoms with Gasteiger partial charge in [-0.25, -0.2) is 4.79 Å². The van der Waals surface area contributed by atoms with Crippen LogP contribution in [0, 0.1) is 40.4 Å².